The van der Waals surface area contributed by atoms with Crippen LogP contribution in [0.3, 0.4) is 0 Å². The van der Waals surface area contributed by atoms with Crippen molar-refractivity contribution in [1.82, 2.24) is 4.98 Å². The van der Waals surface area contributed by atoms with E-state index in [4.69, 9.17) is 9.15 Å². The molecule has 0 fully saturated rings. The molecule has 2 heterocycles. The number of hydrogen-bond donors (Lipinski definition) is 0. The molecular weight excluding hydrogens is 334 g/mol. The average Bonchev–Trinajstić information content (AvgIpc) is 3.18. The summed E-state index contributed by atoms with van der Waals surface area (Å²) in [5, 5.41) is 0. The third kappa shape index (κ3) is 2.47. The number of hydrogen-bond acceptors (Lipinski definition) is 3. The number of aromatic nitrogens is 1. The second-order valence-corrected chi connectivity index (χ2v) is 6.69. The Morgan fingerprint density at radius 3 is 2.15 bits per heavy atom. The van der Waals surface area contributed by atoms with Crippen LogP contribution in [-0.2, 0) is 12.0 Å². The molecule has 5 rings (SSSR count). The predicted octanol–water partition coefficient (Wildman–Crippen LogP) is 5.74. The maximum atomic E-state index is 6.67. The molecule has 1 aromatic heterocycles. The number of aryl methyl sites for hydroxylation is 1. The first-order valence-corrected chi connectivity index (χ1v) is 9.22. The van der Waals surface area contributed by atoms with Gasteiger partial charge in [-0.25, -0.2) is 4.98 Å². The number of fused-ring (bicyclic) bond motifs is 3. The highest BCUT2D eigenvalue weighted by molar-refractivity contribution is 5.88. The molecule has 0 bridgehead atoms. The lowest BCUT2D eigenvalue weighted by Gasteiger charge is -2.36. The summed E-state index contributed by atoms with van der Waals surface area (Å²) < 4.78 is 12.5. The lowest BCUT2D eigenvalue weighted by molar-refractivity contribution is 0.161. The van der Waals surface area contributed by atoms with Crippen LogP contribution in [0.15, 0.2) is 83.3 Å². The highest BCUT2D eigenvalue weighted by atomic mass is 16.5. The summed E-state index contributed by atoms with van der Waals surface area (Å²) in [6.45, 7) is 2.04. The number of rotatable bonds is 3. The first-order chi connectivity index (χ1) is 13.3. The van der Waals surface area contributed by atoms with Gasteiger partial charge >= 0.3 is 0 Å². The molecule has 1 aliphatic heterocycles. The van der Waals surface area contributed by atoms with Crippen molar-refractivity contribution in [2.45, 2.75) is 18.9 Å². The van der Waals surface area contributed by atoms with E-state index in [1.807, 2.05) is 55.5 Å². The lowest BCUT2D eigenvalue weighted by Crippen LogP contribution is -2.34. The molecule has 0 amide bonds. The van der Waals surface area contributed by atoms with Gasteiger partial charge in [-0.15, -0.1) is 0 Å². The highest BCUT2D eigenvalue weighted by Crippen LogP contribution is 2.43. The van der Waals surface area contributed by atoms with Gasteiger partial charge < -0.3 is 9.15 Å². The third-order valence-electron chi connectivity index (χ3n) is 5.07. The second-order valence-electron chi connectivity index (χ2n) is 6.69. The Morgan fingerprint density at radius 2 is 1.52 bits per heavy atom. The molecular formula is C24H19NO2. The van der Waals surface area contributed by atoms with Crippen LogP contribution in [0.2, 0.25) is 0 Å². The monoisotopic (exact) mass is 353 g/mol. The van der Waals surface area contributed by atoms with Crippen LogP contribution < -0.4 is 4.74 Å². The van der Waals surface area contributed by atoms with E-state index < -0.39 is 5.60 Å². The van der Waals surface area contributed by atoms with Crippen LogP contribution in [-0.4, -0.2) is 4.98 Å². The lowest BCUT2D eigenvalue weighted by atomic mass is 9.83. The largest absolute Gasteiger partial charge is 0.473 e. The van der Waals surface area contributed by atoms with Crippen molar-refractivity contribution < 1.29 is 9.15 Å². The Balaban J connectivity index is 1.72. The molecule has 0 saturated carbocycles. The number of nitrogens with zero attached hydrogens (tertiary/aromatic N) is 1. The number of oxazole rings is 1. The first kappa shape index (κ1) is 15.9. The fourth-order valence-corrected chi connectivity index (χ4v) is 3.70. The highest BCUT2D eigenvalue weighted by Gasteiger charge is 2.37. The fourth-order valence-electron chi connectivity index (χ4n) is 3.70. The van der Waals surface area contributed by atoms with E-state index in [9.17, 15) is 0 Å². The van der Waals surface area contributed by atoms with Gasteiger partial charge in [0.1, 0.15) is 11.3 Å². The van der Waals surface area contributed by atoms with E-state index in [1.165, 1.54) is 0 Å². The van der Waals surface area contributed by atoms with Crippen LogP contribution in [0.4, 0.5) is 0 Å². The summed E-state index contributed by atoms with van der Waals surface area (Å²) in [4.78, 5) is 4.64. The molecule has 3 aromatic carbocycles. The maximum absolute atomic E-state index is 6.67. The molecule has 0 atom stereocenters. The zero-order valence-corrected chi connectivity index (χ0v) is 15.1. The van der Waals surface area contributed by atoms with Crippen LogP contribution in [0.5, 0.6) is 5.75 Å². The topological polar surface area (TPSA) is 35.3 Å². The Hall–Kier alpha value is -3.33. The van der Waals surface area contributed by atoms with Crippen molar-refractivity contribution >= 4 is 17.2 Å². The molecule has 0 saturated heterocycles. The minimum Gasteiger partial charge on any atom is -0.473 e. The van der Waals surface area contributed by atoms with Crippen molar-refractivity contribution in [3.8, 4) is 5.75 Å². The van der Waals surface area contributed by atoms with Crippen molar-refractivity contribution in [2.75, 3.05) is 0 Å². The number of ether oxygens (including phenoxy) is 1. The van der Waals surface area contributed by atoms with E-state index in [-0.39, 0.29) is 0 Å². The summed E-state index contributed by atoms with van der Waals surface area (Å²) in [6, 6.07) is 24.6. The normalized spacial score (nSPS) is 14.7. The molecule has 0 spiro atoms. The van der Waals surface area contributed by atoms with Crippen LogP contribution in [0.1, 0.15) is 29.5 Å². The van der Waals surface area contributed by atoms with Crippen LogP contribution >= 0.6 is 0 Å². The molecule has 27 heavy (non-hydrogen) atoms. The summed E-state index contributed by atoms with van der Waals surface area (Å²) in [5.41, 5.74) is 4.14. The average molecular weight is 353 g/mol. The van der Waals surface area contributed by atoms with E-state index in [0.717, 1.165) is 45.9 Å². The second kappa shape index (κ2) is 6.13. The maximum Gasteiger partial charge on any atom is 0.195 e. The fraction of sp³-hybridized carbons (Fsp3) is 0.125. The Morgan fingerprint density at radius 1 is 0.852 bits per heavy atom. The van der Waals surface area contributed by atoms with Gasteiger partial charge in [-0.3, -0.25) is 0 Å². The molecule has 4 aromatic rings. The SMILES string of the molecule is CCc1nc2c3c(ccc2o1)OC(c1ccccc1)(c1ccccc1)C=C3. The third-order valence-corrected chi connectivity index (χ3v) is 5.07. The Bertz CT molecular complexity index is 1090. The van der Waals surface area contributed by atoms with Gasteiger partial charge in [0.15, 0.2) is 17.1 Å². The number of benzene rings is 3. The molecule has 0 N–H and O–H groups in total. The van der Waals surface area contributed by atoms with Crippen molar-refractivity contribution in [3.63, 3.8) is 0 Å². The Kier molecular flexibility index (Phi) is 3.61. The molecule has 0 aliphatic carbocycles. The minimum absolute atomic E-state index is 0.666. The van der Waals surface area contributed by atoms with Gasteiger partial charge in [0.2, 0.25) is 0 Å². The molecule has 1 aliphatic rings. The predicted molar refractivity (Wildman–Crippen MR) is 107 cm³/mol. The molecule has 3 nitrogen and oxygen atoms in total. The minimum atomic E-state index is -0.666. The van der Waals surface area contributed by atoms with Crippen molar-refractivity contribution in [1.29, 1.82) is 0 Å². The van der Waals surface area contributed by atoms with E-state index in [0.29, 0.717) is 0 Å². The zero-order chi connectivity index (χ0) is 18.3. The smallest absolute Gasteiger partial charge is 0.195 e. The summed E-state index contributed by atoms with van der Waals surface area (Å²) in [6.07, 6.45) is 5.01. The molecule has 0 unspecified atom stereocenters. The van der Waals surface area contributed by atoms with Crippen molar-refractivity contribution in [2.24, 2.45) is 0 Å². The first-order valence-electron chi connectivity index (χ1n) is 9.22. The molecule has 0 radical (unpaired) electrons. The zero-order valence-electron chi connectivity index (χ0n) is 15.1. The quantitative estimate of drug-likeness (QED) is 0.471. The van der Waals surface area contributed by atoms with Gasteiger partial charge in [0.05, 0.1) is 0 Å². The van der Waals surface area contributed by atoms with Gasteiger partial charge in [0, 0.05) is 23.1 Å². The van der Waals surface area contributed by atoms with Crippen LogP contribution in [0.25, 0.3) is 17.2 Å². The van der Waals surface area contributed by atoms with E-state index in [1.54, 1.807) is 0 Å². The van der Waals surface area contributed by atoms with Gasteiger partial charge in [-0.05, 0) is 24.3 Å². The standard InChI is InChI=1S/C24H19NO2/c1-2-22-25-23-19-15-16-24(17-9-5-3-6-10-17,18-11-7-4-8-12-18)27-20(19)13-14-21(23)26-22/h3-16H,2H2,1H3. The van der Waals surface area contributed by atoms with Crippen molar-refractivity contribution in [3.05, 3.63) is 101 Å². The van der Waals surface area contributed by atoms with Gasteiger partial charge in [0.25, 0.3) is 0 Å². The molecule has 3 heteroatoms. The van der Waals surface area contributed by atoms with Crippen LogP contribution in [0, 0.1) is 0 Å². The Labute approximate surface area is 157 Å². The summed E-state index contributed by atoms with van der Waals surface area (Å²) >= 11 is 0. The summed E-state index contributed by atoms with van der Waals surface area (Å²) in [5.74, 6) is 1.56. The van der Waals surface area contributed by atoms with E-state index >= 15 is 0 Å². The van der Waals surface area contributed by atoms with Gasteiger partial charge in [-0.1, -0.05) is 67.6 Å². The molecule has 132 valence electrons. The van der Waals surface area contributed by atoms with Gasteiger partial charge in [-0.2, -0.15) is 0 Å². The van der Waals surface area contributed by atoms with E-state index in [2.05, 4.69) is 41.4 Å². The summed E-state index contributed by atoms with van der Waals surface area (Å²) in [7, 11) is 0.